The summed E-state index contributed by atoms with van der Waals surface area (Å²) in [6, 6.07) is 12.0. The summed E-state index contributed by atoms with van der Waals surface area (Å²) < 4.78 is 0. The van der Waals surface area contributed by atoms with E-state index in [1.54, 1.807) is 0 Å². The summed E-state index contributed by atoms with van der Waals surface area (Å²) in [6.07, 6.45) is 1.28. The van der Waals surface area contributed by atoms with Crippen molar-refractivity contribution < 1.29 is 0 Å². The molecule has 16 heavy (non-hydrogen) atoms. The van der Waals surface area contributed by atoms with Gasteiger partial charge in [-0.1, -0.05) is 37.3 Å². The Hall–Kier alpha value is -0.860. The van der Waals surface area contributed by atoms with Gasteiger partial charge in [0.1, 0.15) is 0 Å². The van der Waals surface area contributed by atoms with Crippen LogP contribution in [-0.4, -0.2) is 30.6 Å². The molecule has 1 saturated heterocycles. The van der Waals surface area contributed by atoms with Gasteiger partial charge in [0.2, 0.25) is 0 Å². The zero-order chi connectivity index (χ0) is 11.4. The van der Waals surface area contributed by atoms with Crippen LogP contribution in [0.2, 0.25) is 0 Å². The molecular formula is C14H22N2. The molecule has 2 nitrogen and oxygen atoms in total. The molecule has 1 aliphatic heterocycles. The Morgan fingerprint density at radius 2 is 2.12 bits per heavy atom. The Labute approximate surface area is 98.7 Å². The lowest BCUT2D eigenvalue weighted by Gasteiger charge is -2.24. The molecule has 0 bridgehead atoms. The lowest BCUT2D eigenvalue weighted by atomic mass is 10.1. The van der Waals surface area contributed by atoms with Crippen molar-refractivity contribution in [3.8, 4) is 0 Å². The molecule has 1 aliphatic rings. The molecule has 2 heteroatoms. The third kappa shape index (κ3) is 2.63. The van der Waals surface area contributed by atoms with Crippen LogP contribution in [-0.2, 0) is 0 Å². The fourth-order valence-electron chi connectivity index (χ4n) is 2.54. The molecule has 0 aromatic heterocycles. The molecule has 2 atom stereocenters. The van der Waals surface area contributed by atoms with Gasteiger partial charge in [-0.05, 0) is 25.5 Å². The summed E-state index contributed by atoms with van der Waals surface area (Å²) in [5, 5.41) is 3.54. The van der Waals surface area contributed by atoms with Crippen molar-refractivity contribution in [3.05, 3.63) is 35.9 Å². The van der Waals surface area contributed by atoms with Crippen molar-refractivity contribution in [2.24, 2.45) is 0 Å². The Morgan fingerprint density at radius 3 is 2.81 bits per heavy atom. The van der Waals surface area contributed by atoms with Crippen molar-refractivity contribution in [1.29, 1.82) is 0 Å². The van der Waals surface area contributed by atoms with Crippen LogP contribution in [0, 0.1) is 0 Å². The van der Waals surface area contributed by atoms with Crippen LogP contribution in [0.5, 0.6) is 0 Å². The number of hydrogen-bond acceptors (Lipinski definition) is 2. The van der Waals surface area contributed by atoms with Gasteiger partial charge >= 0.3 is 0 Å². The molecule has 1 N–H and O–H groups in total. The zero-order valence-corrected chi connectivity index (χ0v) is 10.3. The monoisotopic (exact) mass is 218 g/mol. The van der Waals surface area contributed by atoms with E-state index in [1.807, 2.05) is 0 Å². The van der Waals surface area contributed by atoms with Gasteiger partial charge in [0.15, 0.2) is 0 Å². The Bertz CT molecular complexity index is 310. The van der Waals surface area contributed by atoms with Gasteiger partial charge in [0.25, 0.3) is 0 Å². The fraction of sp³-hybridized carbons (Fsp3) is 0.571. The highest BCUT2D eigenvalue weighted by Crippen LogP contribution is 2.24. The largest absolute Gasteiger partial charge is 0.313 e. The summed E-state index contributed by atoms with van der Waals surface area (Å²) in [4.78, 5) is 2.57. The van der Waals surface area contributed by atoms with E-state index in [-0.39, 0.29) is 0 Å². The summed E-state index contributed by atoms with van der Waals surface area (Å²) >= 11 is 0. The first-order valence-corrected chi connectivity index (χ1v) is 6.33. The van der Waals surface area contributed by atoms with E-state index < -0.39 is 0 Å². The van der Waals surface area contributed by atoms with Crippen LogP contribution in [0.25, 0.3) is 0 Å². The molecule has 0 spiro atoms. The molecule has 0 amide bonds. The Kier molecular flexibility index (Phi) is 3.97. The van der Waals surface area contributed by atoms with Gasteiger partial charge in [0.05, 0.1) is 0 Å². The van der Waals surface area contributed by atoms with Crippen molar-refractivity contribution >= 4 is 0 Å². The smallest absolute Gasteiger partial charge is 0.0320 e. The lowest BCUT2D eigenvalue weighted by molar-refractivity contribution is 0.256. The van der Waals surface area contributed by atoms with E-state index in [0.29, 0.717) is 12.1 Å². The quantitative estimate of drug-likeness (QED) is 0.835. The minimum atomic E-state index is 0.546. The second kappa shape index (κ2) is 5.46. The highest BCUT2D eigenvalue weighted by atomic mass is 15.2. The third-order valence-electron chi connectivity index (χ3n) is 3.54. The highest BCUT2D eigenvalue weighted by Gasteiger charge is 2.25. The minimum absolute atomic E-state index is 0.546. The van der Waals surface area contributed by atoms with E-state index in [0.717, 1.165) is 6.54 Å². The van der Waals surface area contributed by atoms with E-state index in [2.05, 4.69) is 54.4 Å². The molecule has 88 valence electrons. The maximum Gasteiger partial charge on any atom is 0.0320 e. The SMILES string of the molecule is CCN[C@H]1CCN([C@@H](C)c2ccccc2)C1. The number of nitrogens with one attached hydrogen (secondary N) is 1. The van der Waals surface area contributed by atoms with Crippen molar-refractivity contribution in [1.82, 2.24) is 10.2 Å². The summed E-state index contributed by atoms with van der Waals surface area (Å²) in [6.45, 7) is 7.97. The Balaban J connectivity index is 1.94. The van der Waals surface area contributed by atoms with Gasteiger partial charge in [-0.15, -0.1) is 0 Å². The second-order valence-electron chi connectivity index (χ2n) is 4.62. The highest BCUT2D eigenvalue weighted by molar-refractivity contribution is 5.18. The zero-order valence-electron chi connectivity index (χ0n) is 10.3. The molecular weight excluding hydrogens is 196 g/mol. The topological polar surface area (TPSA) is 15.3 Å². The van der Waals surface area contributed by atoms with Crippen LogP contribution in [0.1, 0.15) is 31.9 Å². The molecule has 1 aromatic rings. The van der Waals surface area contributed by atoms with Crippen molar-refractivity contribution in [3.63, 3.8) is 0 Å². The summed E-state index contributed by atoms with van der Waals surface area (Å²) in [7, 11) is 0. The molecule has 1 fully saturated rings. The van der Waals surface area contributed by atoms with Gasteiger partial charge < -0.3 is 5.32 Å². The predicted octanol–water partition coefficient (Wildman–Crippen LogP) is 2.43. The Morgan fingerprint density at radius 1 is 1.38 bits per heavy atom. The number of hydrogen-bond donors (Lipinski definition) is 1. The van der Waals surface area contributed by atoms with Crippen molar-refractivity contribution in [2.45, 2.75) is 32.4 Å². The van der Waals surface area contributed by atoms with Gasteiger partial charge in [-0.3, -0.25) is 4.90 Å². The second-order valence-corrected chi connectivity index (χ2v) is 4.62. The van der Waals surface area contributed by atoms with E-state index in [4.69, 9.17) is 0 Å². The minimum Gasteiger partial charge on any atom is -0.313 e. The normalized spacial score (nSPS) is 23.5. The number of benzene rings is 1. The number of nitrogens with zero attached hydrogens (tertiary/aromatic N) is 1. The van der Waals surface area contributed by atoms with Crippen LogP contribution >= 0.6 is 0 Å². The van der Waals surface area contributed by atoms with Gasteiger partial charge in [-0.2, -0.15) is 0 Å². The molecule has 0 unspecified atom stereocenters. The molecule has 0 radical (unpaired) electrons. The van der Waals surface area contributed by atoms with E-state index >= 15 is 0 Å². The maximum absolute atomic E-state index is 3.54. The molecule has 1 heterocycles. The number of likely N-dealkylation sites (tertiary alicyclic amines) is 1. The fourth-order valence-corrected chi connectivity index (χ4v) is 2.54. The predicted molar refractivity (Wildman–Crippen MR) is 68.5 cm³/mol. The maximum atomic E-state index is 3.54. The van der Waals surface area contributed by atoms with Crippen LogP contribution in [0.4, 0.5) is 0 Å². The first-order chi connectivity index (χ1) is 7.81. The number of rotatable bonds is 4. The van der Waals surface area contributed by atoms with Crippen LogP contribution in [0.15, 0.2) is 30.3 Å². The average molecular weight is 218 g/mol. The average Bonchev–Trinajstić information content (AvgIpc) is 2.78. The summed E-state index contributed by atoms with van der Waals surface area (Å²) in [5.41, 5.74) is 1.43. The van der Waals surface area contributed by atoms with Gasteiger partial charge in [0, 0.05) is 25.2 Å². The molecule has 2 rings (SSSR count). The summed E-state index contributed by atoms with van der Waals surface area (Å²) in [5.74, 6) is 0. The van der Waals surface area contributed by atoms with Gasteiger partial charge in [-0.25, -0.2) is 0 Å². The van der Waals surface area contributed by atoms with Crippen molar-refractivity contribution in [2.75, 3.05) is 19.6 Å². The molecule has 1 aromatic carbocycles. The van der Waals surface area contributed by atoms with E-state index in [9.17, 15) is 0 Å². The standard InChI is InChI=1S/C14H22N2/c1-3-15-14-9-10-16(11-14)12(2)13-7-5-4-6-8-13/h4-8,12,14-15H,3,9-11H2,1-2H3/t12-,14-/m0/s1. The molecule has 0 aliphatic carbocycles. The lowest BCUT2D eigenvalue weighted by Crippen LogP contribution is -2.33. The first-order valence-electron chi connectivity index (χ1n) is 6.33. The van der Waals surface area contributed by atoms with Crippen LogP contribution < -0.4 is 5.32 Å². The third-order valence-corrected chi connectivity index (χ3v) is 3.54. The van der Waals surface area contributed by atoms with E-state index in [1.165, 1.54) is 25.1 Å². The number of likely N-dealkylation sites (N-methyl/N-ethyl adjacent to an activating group) is 1. The molecule has 0 saturated carbocycles. The first kappa shape index (κ1) is 11.6. The van der Waals surface area contributed by atoms with Crippen LogP contribution in [0.3, 0.4) is 0 Å².